The van der Waals surface area contributed by atoms with Crippen molar-refractivity contribution in [2.45, 2.75) is 19.9 Å². The van der Waals surface area contributed by atoms with E-state index in [1.54, 1.807) is 10.5 Å². The van der Waals surface area contributed by atoms with Crippen LogP contribution in [0.2, 0.25) is 0 Å². The third kappa shape index (κ3) is 2.08. The molecule has 2 aromatic heterocycles. The lowest BCUT2D eigenvalue weighted by molar-refractivity contribution is 0.806. The van der Waals surface area contributed by atoms with Crippen molar-refractivity contribution in [2.24, 2.45) is 0 Å². The van der Waals surface area contributed by atoms with Gasteiger partial charge in [0.15, 0.2) is 0 Å². The lowest BCUT2D eigenvalue weighted by atomic mass is 10.2. The minimum atomic E-state index is -0.00872. The van der Waals surface area contributed by atoms with Gasteiger partial charge in [0.2, 0.25) is 0 Å². The number of pyridine rings is 1. The number of benzene rings is 1. The molecule has 22 heavy (non-hydrogen) atoms. The molecule has 3 heterocycles. The Bertz CT molecular complexity index is 914. The number of hydrogen-bond acceptors (Lipinski definition) is 3. The highest BCUT2D eigenvalue weighted by atomic mass is 16.1. The number of aromatic nitrogens is 2. The van der Waals surface area contributed by atoms with Crippen molar-refractivity contribution in [3.05, 3.63) is 75.8 Å². The van der Waals surface area contributed by atoms with Gasteiger partial charge in [-0.05, 0) is 37.1 Å². The normalized spacial score (nSPS) is 13.6. The summed E-state index contributed by atoms with van der Waals surface area (Å²) in [5, 5.41) is 0. The van der Waals surface area contributed by atoms with Crippen LogP contribution in [0.5, 0.6) is 0 Å². The Morgan fingerprint density at radius 2 is 2.00 bits per heavy atom. The molecule has 0 saturated heterocycles. The molecule has 4 heteroatoms. The maximum atomic E-state index is 12.3. The van der Waals surface area contributed by atoms with Gasteiger partial charge in [0, 0.05) is 24.0 Å². The van der Waals surface area contributed by atoms with Crippen LogP contribution in [0, 0.1) is 6.92 Å². The van der Waals surface area contributed by atoms with Gasteiger partial charge in [-0.1, -0.05) is 24.3 Å². The molecule has 0 bridgehead atoms. The van der Waals surface area contributed by atoms with E-state index in [9.17, 15) is 4.79 Å². The van der Waals surface area contributed by atoms with Crippen molar-refractivity contribution in [3.8, 4) is 0 Å². The van der Waals surface area contributed by atoms with E-state index < -0.39 is 0 Å². The summed E-state index contributed by atoms with van der Waals surface area (Å²) >= 11 is 0. The molecular formula is C18H17N3O. The quantitative estimate of drug-likeness (QED) is 0.728. The number of para-hydroxylation sites is 1. The Balaban J connectivity index is 1.73. The van der Waals surface area contributed by atoms with Crippen LogP contribution in [0.15, 0.2) is 53.3 Å². The van der Waals surface area contributed by atoms with E-state index in [1.807, 2.05) is 25.1 Å². The molecule has 0 atom stereocenters. The van der Waals surface area contributed by atoms with Crippen LogP contribution in [-0.4, -0.2) is 15.9 Å². The lowest BCUT2D eigenvalue weighted by Crippen LogP contribution is -2.24. The lowest BCUT2D eigenvalue weighted by Gasteiger charge is -2.19. The van der Waals surface area contributed by atoms with E-state index >= 15 is 0 Å². The average molecular weight is 291 g/mol. The minimum Gasteiger partial charge on any atom is -0.365 e. The molecule has 0 saturated carbocycles. The number of hydrogen-bond donors (Lipinski definition) is 0. The summed E-state index contributed by atoms with van der Waals surface area (Å²) in [5.41, 5.74) is 5.07. The molecule has 1 aromatic carbocycles. The van der Waals surface area contributed by atoms with E-state index in [0.29, 0.717) is 6.54 Å². The minimum absolute atomic E-state index is 0.00872. The predicted octanol–water partition coefficient (Wildman–Crippen LogP) is 2.57. The summed E-state index contributed by atoms with van der Waals surface area (Å²) in [6.07, 6.45) is 1.06. The first kappa shape index (κ1) is 13.1. The van der Waals surface area contributed by atoms with Crippen LogP contribution in [0.4, 0.5) is 5.69 Å². The SMILES string of the molecule is Cc1cccc2nc(CN3CCc4ccccc43)cc(=O)n12. The molecule has 0 radical (unpaired) electrons. The first-order valence-corrected chi connectivity index (χ1v) is 7.53. The maximum absolute atomic E-state index is 12.3. The first-order chi connectivity index (χ1) is 10.7. The summed E-state index contributed by atoms with van der Waals surface area (Å²) in [4.78, 5) is 19.3. The Kier molecular flexibility index (Phi) is 2.96. The zero-order valence-electron chi connectivity index (χ0n) is 12.5. The fourth-order valence-electron chi connectivity index (χ4n) is 3.21. The van der Waals surface area contributed by atoms with Gasteiger partial charge >= 0.3 is 0 Å². The van der Waals surface area contributed by atoms with E-state index in [0.717, 1.165) is 30.0 Å². The Hall–Kier alpha value is -2.62. The van der Waals surface area contributed by atoms with Gasteiger partial charge in [-0.3, -0.25) is 9.20 Å². The van der Waals surface area contributed by atoms with Crippen LogP contribution in [0.1, 0.15) is 17.0 Å². The molecule has 3 aromatic rings. The highest BCUT2D eigenvalue weighted by molar-refractivity contribution is 5.58. The van der Waals surface area contributed by atoms with E-state index in [2.05, 4.69) is 34.1 Å². The topological polar surface area (TPSA) is 37.6 Å². The molecule has 0 N–H and O–H groups in total. The van der Waals surface area contributed by atoms with Crippen molar-refractivity contribution in [2.75, 3.05) is 11.4 Å². The predicted molar refractivity (Wildman–Crippen MR) is 87.4 cm³/mol. The zero-order chi connectivity index (χ0) is 15.1. The molecular weight excluding hydrogens is 274 g/mol. The van der Waals surface area contributed by atoms with Crippen molar-refractivity contribution >= 4 is 11.3 Å². The van der Waals surface area contributed by atoms with Crippen molar-refractivity contribution < 1.29 is 0 Å². The van der Waals surface area contributed by atoms with Gasteiger partial charge in [-0.2, -0.15) is 0 Å². The summed E-state index contributed by atoms with van der Waals surface area (Å²) in [6.45, 7) is 3.58. The molecule has 0 aliphatic carbocycles. The fourth-order valence-corrected chi connectivity index (χ4v) is 3.21. The molecule has 4 nitrogen and oxygen atoms in total. The second-order valence-corrected chi connectivity index (χ2v) is 5.75. The van der Waals surface area contributed by atoms with Gasteiger partial charge < -0.3 is 4.90 Å². The first-order valence-electron chi connectivity index (χ1n) is 7.53. The summed E-state index contributed by atoms with van der Waals surface area (Å²) in [5.74, 6) is 0. The van der Waals surface area contributed by atoms with Gasteiger partial charge in [0.25, 0.3) is 5.56 Å². The van der Waals surface area contributed by atoms with E-state index in [4.69, 9.17) is 0 Å². The van der Waals surface area contributed by atoms with Crippen LogP contribution in [0.3, 0.4) is 0 Å². The van der Waals surface area contributed by atoms with E-state index in [1.165, 1.54) is 11.3 Å². The van der Waals surface area contributed by atoms with Crippen molar-refractivity contribution in [1.29, 1.82) is 0 Å². The highest BCUT2D eigenvalue weighted by Gasteiger charge is 2.19. The second-order valence-electron chi connectivity index (χ2n) is 5.75. The Morgan fingerprint density at radius 3 is 2.91 bits per heavy atom. The molecule has 0 spiro atoms. The van der Waals surface area contributed by atoms with Gasteiger partial charge in [0.05, 0.1) is 12.2 Å². The number of aryl methyl sites for hydroxylation is 1. The highest BCUT2D eigenvalue weighted by Crippen LogP contribution is 2.28. The zero-order valence-corrected chi connectivity index (χ0v) is 12.5. The van der Waals surface area contributed by atoms with Crippen LogP contribution in [-0.2, 0) is 13.0 Å². The molecule has 4 rings (SSSR count). The monoisotopic (exact) mass is 291 g/mol. The van der Waals surface area contributed by atoms with Gasteiger partial charge in [-0.15, -0.1) is 0 Å². The summed E-state index contributed by atoms with van der Waals surface area (Å²) in [6, 6.07) is 15.8. The molecule has 0 amide bonds. The standard InChI is InChI=1S/C18H17N3O/c1-13-5-4-8-17-19-15(11-18(22)21(13)17)12-20-10-9-14-6-2-3-7-16(14)20/h2-8,11H,9-10,12H2,1H3. The van der Waals surface area contributed by atoms with Crippen LogP contribution < -0.4 is 10.5 Å². The molecule has 0 unspecified atom stereocenters. The number of nitrogens with zero attached hydrogens (tertiary/aromatic N) is 3. The third-order valence-corrected chi connectivity index (χ3v) is 4.27. The van der Waals surface area contributed by atoms with Crippen LogP contribution in [0.25, 0.3) is 5.65 Å². The Labute approximate surface area is 128 Å². The summed E-state index contributed by atoms with van der Waals surface area (Å²) < 4.78 is 1.65. The smallest absolute Gasteiger partial charge is 0.258 e. The maximum Gasteiger partial charge on any atom is 0.258 e. The van der Waals surface area contributed by atoms with Crippen molar-refractivity contribution in [3.63, 3.8) is 0 Å². The third-order valence-electron chi connectivity index (χ3n) is 4.27. The number of anilines is 1. The largest absolute Gasteiger partial charge is 0.365 e. The van der Waals surface area contributed by atoms with Gasteiger partial charge in [0.1, 0.15) is 5.65 Å². The van der Waals surface area contributed by atoms with E-state index in [-0.39, 0.29) is 5.56 Å². The molecule has 1 aliphatic rings. The number of rotatable bonds is 2. The average Bonchev–Trinajstić information content (AvgIpc) is 2.90. The fraction of sp³-hybridized carbons (Fsp3) is 0.222. The second kappa shape index (κ2) is 4.98. The molecule has 110 valence electrons. The molecule has 0 fully saturated rings. The van der Waals surface area contributed by atoms with Gasteiger partial charge in [-0.25, -0.2) is 4.98 Å². The Morgan fingerprint density at radius 1 is 1.14 bits per heavy atom. The molecule has 1 aliphatic heterocycles. The van der Waals surface area contributed by atoms with Crippen molar-refractivity contribution in [1.82, 2.24) is 9.38 Å². The number of fused-ring (bicyclic) bond motifs is 2. The summed E-state index contributed by atoms with van der Waals surface area (Å²) in [7, 11) is 0. The van der Waals surface area contributed by atoms with Crippen LogP contribution >= 0.6 is 0 Å².